The number of hydrogen-bond acceptors (Lipinski definition) is 2. The summed E-state index contributed by atoms with van der Waals surface area (Å²) in [5.41, 5.74) is 2.86. The van der Waals surface area contributed by atoms with Gasteiger partial charge < -0.3 is 9.31 Å². The van der Waals surface area contributed by atoms with Crippen LogP contribution >= 0.6 is 0 Å². The zero-order valence-corrected chi connectivity index (χ0v) is 12.1. The van der Waals surface area contributed by atoms with Crippen molar-refractivity contribution in [3.05, 3.63) is 59.7 Å². The maximum absolute atomic E-state index is 5.63. The van der Waals surface area contributed by atoms with Crippen LogP contribution in [0.5, 0.6) is 11.5 Å². The van der Waals surface area contributed by atoms with Crippen LogP contribution in [0.2, 0.25) is 0 Å². The lowest BCUT2D eigenvalue weighted by Crippen LogP contribution is -2.10. The van der Waals surface area contributed by atoms with Crippen LogP contribution in [0.1, 0.15) is 48.6 Å². The van der Waals surface area contributed by atoms with Gasteiger partial charge in [0.1, 0.15) is 11.5 Å². The molecule has 21 heavy (non-hydrogen) atoms. The zero-order valence-electron chi connectivity index (χ0n) is 12.1. The minimum atomic E-state index is 0.256. The van der Waals surface area contributed by atoms with Crippen LogP contribution in [0.4, 0.5) is 0 Å². The Bertz CT molecular complexity index is 543. The fourth-order valence-electron chi connectivity index (χ4n) is 2.67. The predicted molar refractivity (Wildman–Crippen MR) is 85.2 cm³/mol. The summed E-state index contributed by atoms with van der Waals surface area (Å²) in [5, 5.41) is 0. The summed E-state index contributed by atoms with van der Waals surface area (Å²) in [5.74, 6) is 3.32. The molecule has 0 aliphatic heterocycles. The van der Waals surface area contributed by atoms with E-state index in [0.29, 0.717) is 0 Å². The van der Waals surface area contributed by atoms with Gasteiger partial charge in [0.25, 0.3) is 0 Å². The Hall–Kier alpha value is -1.90. The molecule has 106 valence electrons. The predicted octanol–water partition coefficient (Wildman–Crippen LogP) is 4.17. The molecule has 4 rings (SSSR count). The summed E-state index contributed by atoms with van der Waals surface area (Å²) in [6.45, 7) is 0. The van der Waals surface area contributed by atoms with Gasteiger partial charge in [-0.25, -0.2) is 0 Å². The highest BCUT2D eigenvalue weighted by Crippen LogP contribution is 2.41. The van der Waals surface area contributed by atoms with Crippen molar-refractivity contribution in [1.82, 2.24) is 0 Å². The highest BCUT2D eigenvalue weighted by atomic mass is 16.6. The third-order valence-corrected chi connectivity index (χ3v) is 4.31. The van der Waals surface area contributed by atoms with Crippen molar-refractivity contribution < 1.29 is 9.31 Å². The van der Waals surface area contributed by atoms with Gasteiger partial charge in [0.2, 0.25) is 0 Å². The van der Waals surface area contributed by atoms with Gasteiger partial charge in [0.05, 0.1) is 0 Å². The smallest absolute Gasteiger partial charge is 0.529 e. The van der Waals surface area contributed by atoms with Crippen LogP contribution in [0.15, 0.2) is 48.5 Å². The lowest BCUT2D eigenvalue weighted by Gasteiger charge is -2.08. The molecule has 0 atom stereocenters. The van der Waals surface area contributed by atoms with Crippen LogP contribution in [0, 0.1) is 0 Å². The van der Waals surface area contributed by atoms with Gasteiger partial charge in [0, 0.05) is 0 Å². The van der Waals surface area contributed by atoms with Crippen molar-refractivity contribution >= 4 is 7.69 Å². The summed E-state index contributed by atoms with van der Waals surface area (Å²) in [7, 11) is 0.256. The van der Waals surface area contributed by atoms with E-state index in [9.17, 15) is 0 Å². The molecule has 0 heterocycles. The van der Waals surface area contributed by atoms with E-state index in [0.717, 1.165) is 23.3 Å². The Labute approximate surface area is 126 Å². The van der Waals surface area contributed by atoms with Crippen molar-refractivity contribution in [1.29, 1.82) is 0 Å². The number of hydrogen-bond donors (Lipinski definition) is 0. The SMILES string of the molecule is B(Oc1ccc(C2CC2)cc1)Oc1ccc(C2CC2)cc1. The fourth-order valence-corrected chi connectivity index (χ4v) is 2.67. The minimum Gasteiger partial charge on any atom is -0.529 e. The first-order valence-electron chi connectivity index (χ1n) is 7.84. The second kappa shape index (κ2) is 5.47. The summed E-state index contributed by atoms with van der Waals surface area (Å²) in [6.07, 6.45) is 5.33. The molecule has 0 amide bonds. The Morgan fingerprint density at radius 2 is 1.00 bits per heavy atom. The van der Waals surface area contributed by atoms with E-state index in [-0.39, 0.29) is 7.69 Å². The summed E-state index contributed by atoms with van der Waals surface area (Å²) in [4.78, 5) is 0. The molecule has 0 spiro atoms. The molecule has 0 aromatic heterocycles. The van der Waals surface area contributed by atoms with Crippen molar-refractivity contribution in [3.63, 3.8) is 0 Å². The van der Waals surface area contributed by atoms with Crippen LogP contribution in [0.25, 0.3) is 0 Å². The molecule has 2 aliphatic carbocycles. The quantitative estimate of drug-likeness (QED) is 0.738. The van der Waals surface area contributed by atoms with E-state index in [4.69, 9.17) is 9.31 Å². The molecule has 0 N–H and O–H groups in total. The van der Waals surface area contributed by atoms with Gasteiger partial charge in [-0.2, -0.15) is 0 Å². The first-order chi connectivity index (χ1) is 10.4. The topological polar surface area (TPSA) is 18.5 Å². The lowest BCUT2D eigenvalue weighted by molar-refractivity contribution is 0.459. The molecule has 0 saturated heterocycles. The first kappa shape index (κ1) is 12.8. The van der Waals surface area contributed by atoms with E-state index in [1.165, 1.54) is 36.8 Å². The van der Waals surface area contributed by atoms with Gasteiger partial charge in [0.15, 0.2) is 0 Å². The highest BCUT2D eigenvalue weighted by Gasteiger charge is 2.23. The van der Waals surface area contributed by atoms with Gasteiger partial charge >= 0.3 is 7.69 Å². The molecule has 2 aromatic rings. The molecule has 2 nitrogen and oxygen atoms in total. The first-order valence-corrected chi connectivity index (χ1v) is 7.84. The molecule has 2 aliphatic rings. The molecule has 2 aromatic carbocycles. The average Bonchev–Trinajstić information content (AvgIpc) is 3.41. The maximum atomic E-state index is 5.63. The molecular weight excluding hydrogens is 259 g/mol. The van der Waals surface area contributed by atoms with E-state index >= 15 is 0 Å². The molecule has 0 radical (unpaired) electrons. The van der Waals surface area contributed by atoms with E-state index in [1.807, 2.05) is 24.3 Å². The van der Waals surface area contributed by atoms with Crippen LogP contribution < -0.4 is 9.31 Å². The van der Waals surface area contributed by atoms with Crippen molar-refractivity contribution in [3.8, 4) is 11.5 Å². The second-order valence-corrected chi connectivity index (χ2v) is 6.09. The zero-order chi connectivity index (χ0) is 14.1. The van der Waals surface area contributed by atoms with E-state index in [2.05, 4.69) is 24.3 Å². The van der Waals surface area contributed by atoms with E-state index < -0.39 is 0 Å². The van der Waals surface area contributed by atoms with Crippen LogP contribution in [-0.2, 0) is 0 Å². The summed E-state index contributed by atoms with van der Waals surface area (Å²) < 4.78 is 11.3. The van der Waals surface area contributed by atoms with Crippen molar-refractivity contribution in [2.24, 2.45) is 0 Å². The third kappa shape index (κ3) is 3.23. The number of benzene rings is 2. The fraction of sp³-hybridized carbons (Fsp3) is 0.333. The van der Waals surface area contributed by atoms with Gasteiger partial charge in [-0.3, -0.25) is 0 Å². The molecular formula is C18H19BO2. The summed E-state index contributed by atoms with van der Waals surface area (Å²) >= 11 is 0. The van der Waals surface area contributed by atoms with E-state index in [1.54, 1.807) is 0 Å². The largest absolute Gasteiger partial charge is 0.576 e. The highest BCUT2D eigenvalue weighted by molar-refractivity contribution is 6.20. The maximum Gasteiger partial charge on any atom is 0.576 e. The van der Waals surface area contributed by atoms with Crippen LogP contribution in [0.3, 0.4) is 0 Å². The molecule has 2 saturated carbocycles. The second-order valence-electron chi connectivity index (χ2n) is 6.09. The monoisotopic (exact) mass is 278 g/mol. The Balaban J connectivity index is 1.28. The van der Waals surface area contributed by atoms with Gasteiger partial charge in [-0.05, 0) is 72.9 Å². The Morgan fingerprint density at radius 1 is 0.619 bits per heavy atom. The average molecular weight is 278 g/mol. The molecule has 2 fully saturated rings. The summed E-state index contributed by atoms with van der Waals surface area (Å²) in [6, 6.07) is 16.8. The number of rotatable bonds is 6. The van der Waals surface area contributed by atoms with Crippen LogP contribution in [-0.4, -0.2) is 7.69 Å². The molecule has 0 unspecified atom stereocenters. The normalized spacial score (nSPS) is 17.3. The third-order valence-electron chi connectivity index (χ3n) is 4.31. The molecule has 3 heteroatoms. The minimum absolute atomic E-state index is 0.256. The Kier molecular flexibility index (Phi) is 3.34. The lowest BCUT2D eigenvalue weighted by atomic mass is 10.1. The standard InChI is InChI=1S/C18H19BO2/c1-2-13(1)15-5-9-17(10-6-15)20-19-21-18-11-7-16(8-12-18)14-3-4-14/h5-14,19H,1-4H2. The van der Waals surface area contributed by atoms with Crippen molar-refractivity contribution in [2.75, 3.05) is 0 Å². The van der Waals surface area contributed by atoms with Gasteiger partial charge in [-0.15, -0.1) is 0 Å². The Morgan fingerprint density at radius 3 is 1.33 bits per heavy atom. The van der Waals surface area contributed by atoms with Gasteiger partial charge in [-0.1, -0.05) is 24.3 Å². The molecule has 0 bridgehead atoms. The van der Waals surface area contributed by atoms with Crippen molar-refractivity contribution in [2.45, 2.75) is 37.5 Å².